The van der Waals surface area contributed by atoms with Gasteiger partial charge in [-0.1, -0.05) is 6.08 Å². The molecule has 0 N–H and O–H groups in total. The van der Waals surface area contributed by atoms with E-state index in [2.05, 4.69) is 21.2 Å². The van der Waals surface area contributed by atoms with Crippen LogP contribution in [0.5, 0.6) is 5.75 Å². The van der Waals surface area contributed by atoms with E-state index >= 15 is 0 Å². The molecule has 27 heavy (non-hydrogen) atoms. The van der Waals surface area contributed by atoms with Crippen molar-refractivity contribution < 1.29 is 4.74 Å². The maximum Gasteiger partial charge on any atom is 0.218 e. The van der Waals surface area contributed by atoms with Crippen molar-refractivity contribution in [1.29, 1.82) is 0 Å². The number of rotatable bonds is 4. The van der Waals surface area contributed by atoms with Gasteiger partial charge < -0.3 is 4.74 Å². The van der Waals surface area contributed by atoms with Crippen LogP contribution >= 0.6 is 11.3 Å². The number of thiophene rings is 1. The van der Waals surface area contributed by atoms with E-state index in [0.717, 1.165) is 46.4 Å². The highest BCUT2D eigenvalue weighted by Crippen LogP contribution is 2.40. The van der Waals surface area contributed by atoms with Crippen LogP contribution in [0, 0.1) is 18.8 Å². The lowest BCUT2D eigenvalue weighted by Crippen LogP contribution is -1.97. The summed E-state index contributed by atoms with van der Waals surface area (Å²) in [5, 5.41) is 5.14. The van der Waals surface area contributed by atoms with Crippen LogP contribution in [-0.4, -0.2) is 23.3 Å². The van der Waals surface area contributed by atoms with Crippen LogP contribution in [0.15, 0.2) is 33.8 Å². The summed E-state index contributed by atoms with van der Waals surface area (Å²) in [6, 6.07) is 4.10. The Bertz CT molecular complexity index is 1110. The number of hydrogen-bond acceptors (Lipinski definition) is 7. The van der Waals surface area contributed by atoms with Gasteiger partial charge in [0.25, 0.3) is 0 Å². The first-order valence-electron chi connectivity index (χ1n) is 8.63. The van der Waals surface area contributed by atoms with Gasteiger partial charge in [0.05, 0.1) is 12.6 Å². The number of nitroso groups, excluding NO2 is 1. The van der Waals surface area contributed by atoms with Crippen molar-refractivity contribution in [2.75, 3.05) is 7.11 Å². The SMILES string of the molecule is COc1cc(C)c(-c2csc3c(N=O)nc(C4=CCCC=N4)nc23)cc1C. The average Bonchev–Trinajstić information content (AvgIpc) is 3.13. The van der Waals surface area contributed by atoms with Crippen LogP contribution < -0.4 is 4.74 Å². The number of ether oxygens (including phenoxy) is 1. The highest BCUT2D eigenvalue weighted by atomic mass is 32.1. The molecule has 0 saturated carbocycles. The first-order chi connectivity index (χ1) is 13.1. The minimum absolute atomic E-state index is 0.163. The fourth-order valence-electron chi connectivity index (χ4n) is 3.23. The molecule has 3 aromatic rings. The Morgan fingerprint density at radius 2 is 1.96 bits per heavy atom. The molecule has 1 aliphatic heterocycles. The number of nitrogens with zero attached hydrogens (tertiary/aromatic N) is 4. The molecule has 0 saturated heterocycles. The molecular formula is C20H18N4O2S. The van der Waals surface area contributed by atoms with Crippen LogP contribution in [0.25, 0.3) is 27.0 Å². The van der Waals surface area contributed by atoms with Gasteiger partial charge in [0.1, 0.15) is 16.1 Å². The summed E-state index contributed by atoms with van der Waals surface area (Å²) < 4.78 is 6.11. The Hall–Kier alpha value is -2.93. The van der Waals surface area contributed by atoms with E-state index in [0.29, 0.717) is 16.2 Å². The molecule has 136 valence electrons. The minimum Gasteiger partial charge on any atom is -0.496 e. The molecule has 0 amide bonds. The normalized spacial score (nSPS) is 13.7. The van der Waals surface area contributed by atoms with Crippen LogP contribution in [0.2, 0.25) is 0 Å². The van der Waals surface area contributed by atoms with E-state index in [1.165, 1.54) is 11.3 Å². The van der Waals surface area contributed by atoms with Crippen molar-refractivity contribution in [3.05, 3.63) is 45.4 Å². The molecule has 1 aliphatic rings. The summed E-state index contributed by atoms with van der Waals surface area (Å²) in [7, 11) is 1.67. The lowest BCUT2D eigenvalue weighted by molar-refractivity contribution is 0.411. The lowest BCUT2D eigenvalue weighted by atomic mass is 9.99. The second kappa shape index (κ2) is 7.00. The van der Waals surface area contributed by atoms with E-state index in [1.54, 1.807) is 7.11 Å². The van der Waals surface area contributed by atoms with Crippen LogP contribution in [0.4, 0.5) is 5.82 Å². The number of aromatic nitrogens is 2. The Balaban J connectivity index is 1.95. The van der Waals surface area contributed by atoms with Crippen molar-refractivity contribution in [2.45, 2.75) is 26.7 Å². The van der Waals surface area contributed by atoms with E-state index in [-0.39, 0.29) is 5.82 Å². The second-order valence-electron chi connectivity index (χ2n) is 6.40. The zero-order chi connectivity index (χ0) is 19.0. The monoisotopic (exact) mass is 378 g/mol. The zero-order valence-corrected chi connectivity index (χ0v) is 16.1. The van der Waals surface area contributed by atoms with E-state index in [1.807, 2.05) is 37.6 Å². The molecule has 0 atom stereocenters. The number of hydrogen-bond donors (Lipinski definition) is 0. The molecule has 7 heteroatoms. The van der Waals surface area contributed by atoms with Crippen LogP contribution in [0.3, 0.4) is 0 Å². The number of allylic oxidation sites excluding steroid dienone is 1. The third kappa shape index (κ3) is 3.04. The summed E-state index contributed by atoms with van der Waals surface area (Å²) in [5.41, 5.74) is 5.56. The number of aryl methyl sites for hydroxylation is 2. The number of fused-ring (bicyclic) bond motifs is 1. The van der Waals surface area contributed by atoms with E-state index in [4.69, 9.17) is 9.72 Å². The van der Waals surface area contributed by atoms with Crippen molar-refractivity contribution in [2.24, 2.45) is 10.2 Å². The van der Waals surface area contributed by atoms with E-state index in [9.17, 15) is 4.91 Å². The Morgan fingerprint density at radius 3 is 2.67 bits per heavy atom. The molecule has 4 rings (SSSR count). The molecule has 0 unspecified atom stereocenters. The third-order valence-electron chi connectivity index (χ3n) is 4.61. The van der Waals surface area contributed by atoms with Gasteiger partial charge in [-0.05, 0) is 60.7 Å². The van der Waals surface area contributed by atoms with Crippen molar-refractivity contribution in [1.82, 2.24) is 9.97 Å². The molecule has 0 bridgehead atoms. The highest BCUT2D eigenvalue weighted by Gasteiger charge is 2.19. The number of benzene rings is 1. The predicted molar refractivity (Wildman–Crippen MR) is 110 cm³/mol. The standard InChI is InChI=1S/C20H18N4O2S/c1-11-9-16(26-3)12(2)8-13(11)14-10-27-18-17(14)22-19(23-20(18)24-25)15-6-4-5-7-21-15/h6-10H,4-5H2,1-3H3. The molecule has 0 radical (unpaired) electrons. The summed E-state index contributed by atoms with van der Waals surface area (Å²) in [6.45, 7) is 4.05. The lowest BCUT2D eigenvalue weighted by Gasteiger charge is -2.11. The maximum atomic E-state index is 11.4. The molecule has 0 fully saturated rings. The zero-order valence-electron chi connectivity index (χ0n) is 15.3. The summed E-state index contributed by atoms with van der Waals surface area (Å²) in [6.07, 6.45) is 5.63. The van der Waals surface area contributed by atoms with Crippen LogP contribution in [0.1, 0.15) is 29.8 Å². The number of methoxy groups -OCH3 is 1. The molecular weight excluding hydrogens is 360 g/mol. The topological polar surface area (TPSA) is 76.8 Å². The van der Waals surface area contributed by atoms with Gasteiger partial charge in [0.2, 0.25) is 5.82 Å². The second-order valence-corrected chi connectivity index (χ2v) is 7.28. The predicted octanol–water partition coefficient (Wildman–Crippen LogP) is 5.59. The van der Waals surface area contributed by atoms with Crippen LogP contribution in [-0.2, 0) is 0 Å². The first kappa shape index (κ1) is 17.5. The van der Waals surface area contributed by atoms with Gasteiger partial charge in [0.15, 0.2) is 5.82 Å². The van der Waals surface area contributed by atoms with Gasteiger partial charge in [0, 0.05) is 17.2 Å². The van der Waals surface area contributed by atoms with Crippen molar-refractivity contribution in [3.63, 3.8) is 0 Å². The average molecular weight is 378 g/mol. The van der Waals surface area contributed by atoms with Crippen molar-refractivity contribution >= 4 is 39.3 Å². The molecule has 6 nitrogen and oxygen atoms in total. The quantitative estimate of drug-likeness (QED) is 0.555. The molecule has 3 heterocycles. The molecule has 0 aliphatic carbocycles. The van der Waals surface area contributed by atoms with Gasteiger partial charge in [-0.3, -0.25) is 4.99 Å². The van der Waals surface area contributed by atoms with Gasteiger partial charge in [-0.2, -0.15) is 0 Å². The van der Waals surface area contributed by atoms with Gasteiger partial charge >= 0.3 is 0 Å². The summed E-state index contributed by atoms with van der Waals surface area (Å²) in [5.74, 6) is 1.45. The summed E-state index contributed by atoms with van der Waals surface area (Å²) >= 11 is 1.43. The Kier molecular flexibility index (Phi) is 4.53. The summed E-state index contributed by atoms with van der Waals surface area (Å²) in [4.78, 5) is 24.9. The largest absolute Gasteiger partial charge is 0.496 e. The molecule has 0 spiro atoms. The Labute approximate surface area is 160 Å². The molecule has 1 aromatic carbocycles. The fraction of sp³-hybridized carbons (Fsp3) is 0.250. The maximum absolute atomic E-state index is 11.4. The smallest absolute Gasteiger partial charge is 0.218 e. The van der Waals surface area contributed by atoms with Gasteiger partial charge in [-0.15, -0.1) is 16.2 Å². The Morgan fingerprint density at radius 1 is 1.11 bits per heavy atom. The highest BCUT2D eigenvalue weighted by molar-refractivity contribution is 7.18. The van der Waals surface area contributed by atoms with E-state index < -0.39 is 0 Å². The fourth-order valence-corrected chi connectivity index (χ4v) is 4.16. The molecule has 2 aromatic heterocycles. The minimum atomic E-state index is 0.163. The van der Waals surface area contributed by atoms with Crippen molar-refractivity contribution in [3.8, 4) is 16.9 Å². The van der Waals surface area contributed by atoms with Gasteiger partial charge in [-0.25, -0.2) is 9.97 Å². The third-order valence-corrected chi connectivity index (χ3v) is 5.57. The first-order valence-corrected chi connectivity index (χ1v) is 9.51. The number of aliphatic imine (C=N–C) groups is 1.